The van der Waals surface area contributed by atoms with E-state index in [0.29, 0.717) is 27.4 Å². The first-order valence-corrected chi connectivity index (χ1v) is 23.7. The summed E-state index contributed by atoms with van der Waals surface area (Å²) in [5.41, 5.74) is 12.4. The van der Waals surface area contributed by atoms with E-state index >= 15 is 0 Å². The maximum atomic E-state index is 13.0. The largest absolute Gasteiger partial charge is 0.461 e. The van der Waals surface area contributed by atoms with Gasteiger partial charge < -0.3 is 17.7 Å². The van der Waals surface area contributed by atoms with Crippen molar-refractivity contribution in [1.29, 1.82) is 0 Å². The van der Waals surface area contributed by atoms with Gasteiger partial charge in [0.2, 0.25) is 0 Å². The van der Waals surface area contributed by atoms with Crippen molar-refractivity contribution in [3.63, 3.8) is 0 Å². The first-order valence-electron chi connectivity index (χ1n) is 23.7. The number of fused-ring (bicyclic) bond motifs is 4. The van der Waals surface area contributed by atoms with E-state index in [0.717, 1.165) is 70.0 Å². The number of aryl methyl sites for hydroxylation is 8. The summed E-state index contributed by atoms with van der Waals surface area (Å²) in [5, 5.41) is 4.74. The van der Waals surface area contributed by atoms with Crippen molar-refractivity contribution in [3.05, 3.63) is 140 Å². The number of hydrogen-bond acceptors (Lipinski definition) is 4. The topological polar surface area (TPSA) is 52.6 Å². The number of furan rings is 4. The molecule has 0 fully saturated rings. The summed E-state index contributed by atoms with van der Waals surface area (Å²) in [6.07, 6.45) is -1.02. The molecule has 0 unspecified atom stereocenters. The Labute approximate surface area is 398 Å². The molecule has 362 valence electrons. The molecule has 0 aliphatic rings. The van der Waals surface area contributed by atoms with Gasteiger partial charge in [-0.1, -0.05) is 119 Å². The Kier molecular flexibility index (Phi) is 15.6. The molecule has 0 aliphatic heterocycles. The van der Waals surface area contributed by atoms with Crippen LogP contribution >= 0.6 is 0 Å². The van der Waals surface area contributed by atoms with Gasteiger partial charge in [-0.05, 0) is 172 Å². The molecule has 4 aromatic heterocycles. The number of alkyl halides is 3. The van der Waals surface area contributed by atoms with Crippen LogP contribution in [0.1, 0.15) is 144 Å². The number of rotatable bonds is 5. The minimum absolute atomic E-state index is 0.0831. The van der Waals surface area contributed by atoms with Gasteiger partial charge in [-0.25, -0.2) is 0 Å². The van der Waals surface area contributed by atoms with Crippen LogP contribution in [0.3, 0.4) is 0 Å². The predicted octanol–water partition coefficient (Wildman–Crippen LogP) is 19.1. The summed E-state index contributed by atoms with van der Waals surface area (Å²) in [5.74, 6) is 3.86. The fourth-order valence-corrected chi connectivity index (χ4v) is 8.58. The van der Waals surface area contributed by atoms with Crippen LogP contribution < -0.4 is 0 Å². The Morgan fingerprint density at radius 2 is 0.791 bits per heavy atom. The van der Waals surface area contributed by atoms with Crippen LogP contribution in [-0.2, 0) is 25.7 Å². The predicted molar refractivity (Wildman–Crippen MR) is 276 cm³/mol. The lowest BCUT2D eigenvalue weighted by molar-refractivity contribution is -0.210. The lowest BCUT2D eigenvalue weighted by atomic mass is 9.84. The van der Waals surface area contributed by atoms with Crippen LogP contribution in [0, 0.1) is 77.0 Å². The van der Waals surface area contributed by atoms with Gasteiger partial charge in [0.1, 0.15) is 45.4 Å². The minimum atomic E-state index is -4.23. The van der Waals surface area contributed by atoms with Crippen LogP contribution in [0.15, 0.2) is 90.5 Å². The molecule has 4 nitrogen and oxygen atoms in total. The van der Waals surface area contributed by atoms with Crippen molar-refractivity contribution in [2.75, 3.05) is 0 Å². The van der Waals surface area contributed by atoms with E-state index in [1.165, 1.54) is 63.4 Å². The summed E-state index contributed by atoms with van der Waals surface area (Å²) < 4.78 is 61.7. The zero-order chi connectivity index (χ0) is 50.2. The number of hydrogen-bond donors (Lipinski definition) is 0. The summed E-state index contributed by atoms with van der Waals surface area (Å²) in [4.78, 5) is 0. The third-order valence-electron chi connectivity index (χ3n) is 12.6. The molecule has 7 heteroatoms. The van der Waals surface area contributed by atoms with Crippen LogP contribution in [0.2, 0.25) is 0 Å². The van der Waals surface area contributed by atoms with Crippen molar-refractivity contribution in [3.8, 4) is 0 Å². The highest BCUT2D eigenvalue weighted by molar-refractivity contribution is 5.86. The minimum Gasteiger partial charge on any atom is -0.461 e. The van der Waals surface area contributed by atoms with Crippen LogP contribution in [0.5, 0.6) is 0 Å². The third-order valence-corrected chi connectivity index (χ3v) is 12.6. The van der Waals surface area contributed by atoms with E-state index in [-0.39, 0.29) is 6.42 Å². The van der Waals surface area contributed by atoms with Crippen LogP contribution in [0.4, 0.5) is 13.2 Å². The number of para-hydroxylation sites is 1. The second kappa shape index (κ2) is 19.8. The standard InChI is InChI=1S/C15H17F3O.3C15H20O/c1-9-10(2)19-13-11(6-5-7-12(9)13)8-14(3,4)15(16,17)18;2*1-10-11(2)16-14-7-6-12(8-13(10)14)9-15(3,4)5;1-10-11(2)16-13-8-6-7-12(14(10)13)9-15(3,4)5/h5-7H,8H2,1-4H3;3*6-8H,9H2,1-5H3. The molecule has 0 radical (unpaired) electrons. The second-order valence-electron chi connectivity index (χ2n) is 23.1. The lowest BCUT2D eigenvalue weighted by Crippen LogP contribution is -2.34. The second-order valence-corrected chi connectivity index (χ2v) is 23.1. The van der Waals surface area contributed by atoms with E-state index in [1.54, 1.807) is 12.1 Å². The van der Waals surface area contributed by atoms with Crippen molar-refractivity contribution in [1.82, 2.24) is 0 Å². The summed E-state index contributed by atoms with van der Waals surface area (Å²) in [7, 11) is 0. The van der Waals surface area contributed by atoms with Crippen molar-refractivity contribution in [2.24, 2.45) is 21.7 Å². The SMILES string of the molecule is Cc1oc2c(CC(C)(C)C(F)(F)F)cccc2c1C.Cc1oc2ccc(CC(C)(C)C)cc2c1C.Cc1oc2ccc(CC(C)(C)C)cc2c1C.Cc1oc2cccc(CC(C)(C)C)c2c1C. The van der Waals surface area contributed by atoms with Gasteiger partial charge in [0.15, 0.2) is 0 Å². The van der Waals surface area contributed by atoms with Gasteiger partial charge in [-0.2, -0.15) is 13.2 Å². The van der Waals surface area contributed by atoms with E-state index < -0.39 is 11.6 Å². The van der Waals surface area contributed by atoms with E-state index in [1.807, 2.05) is 40.7 Å². The average molecular weight is 919 g/mol. The highest BCUT2D eigenvalue weighted by Crippen LogP contribution is 2.42. The highest BCUT2D eigenvalue weighted by atomic mass is 19.4. The van der Waals surface area contributed by atoms with Crippen molar-refractivity contribution < 1.29 is 30.8 Å². The van der Waals surface area contributed by atoms with E-state index in [9.17, 15) is 13.2 Å². The Morgan fingerprint density at radius 1 is 0.388 bits per heavy atom. The fraction of sp³-hybridized carbons (Fsp3) is 0.467. The maximum Gasteiger partial charge on any atom is 0.394 e. The summed E-state index contributed by atoms with van der Waals surface area (Å²) in [6.45, 7) is 39.1. The van der Waals surface area contributed by atoms with Gasteiger partial charge in [0, 0.05) is 21.5 Å². The normalized spacial score (nSPS) is 12.6. The first kappa shape index (κ1) is 52.8. The molecule has 0 aliphatic carbocycles. The fourth-order valence-electron chi connectivity index (χ4n) is 8.58. The van der Waals surface area contributed by atoms with Crippen molar-refractivity contribution >= 4 is 43.9 Å². The van der Waals surface area contributed by atoms with Gasteiger partial charge >= 0.3 is 6.18 Å². The number of halogens is 3. The monoisotopic (exact) mass is 919 g/mol. The molecule has 67 heavy (non-hydrogen) atoms. The zero-order valence-corrected chi connectivity index (χ0v) is 44.0. The molecule has 0 spiro atoms. The van der Waals surface area contributed by atoms with Crippen LogP contribution in [-0.4, -0.2) is 6.18 Å². The Bertz CT molecular complexity index is 2860. The Hall–Kier alpha value is -5.17. The van der Waals surface area contributed by atoms with Gasteiger partial charge in [-0.3, -0.25) is 0 Å². The van der Waals surface area contributed by atoms with Gasteiger partial charge in [0.25, 0.3) is 0 Å². The molecule has 0 bridgehead atoms. The Morgan fingerprint density at radius 3 is 1.25 bits per heavy atom. The molecule has 4 aromatic carbocycles. The van der Waals surface area contributed by atoms with Crippen LogP contribution in [0.25, 0.3) is 43.9 Å². The molecular weight excluding hydrogens is 842 g/mol. The van der Waals surface area contributed by atoms with Gasteiger partial charge in [-0.15, -0.1) is 0 Å². The number of benzene rings is 4. The zero-order valence-electron chi connectivity index (χ0n) is 44.0. The smallest absolute Gasteiger partial charge is 0.394 e. The van der Waals surface area contributed by atoms with E-state index in [2.05, 4.69) is 138 Å². The molecule has 0 saturated carbocycles. The summed E-state index contributed by atoms with van der Waals surface area (Å²) in [6, 6.07) is 24.8. The third kappa shape index (κ3) is 13.3. The first-order chi connectivity index (χ1) is 30.7. The molecule has 8 aromatic rings. The molecule has 4 heterocycles. The van der Waals surface area contributed by atoms with E-state index in [4.69, 9.17) is 17.7 Å². The summed E-state index contributed by atoms with van der Waals surface area (Å²) >= 11 is 0. The van der Waals surface area contributed by atoms with Gasteiger partial charge in [0.05, 0.1) is 5.41 Å². The molecular formula is C60H77F3O4. The molecule has 0 amide bonds. The molecule has 0 atom stereocenters. The highest BCUT2D eigenvalue weighted by Gasteiger charge is 2.47. The Balaban J connectivity index is 0.000000168. The lowest BCUT2D eigenvalue weighted by Gasteiger charge is -2.27. The molecule has 8 rings (SSSR count). The molecule has 0 N–H and O–H groups in total. The average Bonchev–Trinajstić information content (AvgIpc) is 3.86. The van der Waals surface area contributed by atoms with Crippen molar-refractivity contribution in [2.45, 2.75) is 163 Å². The maximum absolute atomic E-state index is 13.0. The quantitative estimate of drug-likeness (QED) is 0.173. The molecule has 0 saturated heterocycles.